The highest BCUT2D eigenvalue weighted by Crippen LogP contribution is 2.27. The first-order valence-corrected chi connectivity index (χ1v) is 11.4. The van der Waals surface area contributed by atoms with Gasteiger partial charge in [0.25, 0.3) is 5.56 Å². The number of hydrogen-bond acceptors (Lipinski definition) is 7. The van der Waals surface area contributed by atoms with Crippen LogP contribution in [0.5, 0.6) is 0 Å². The number of fused-ring (bicyclic) bond motifs is 1. The molecule has 1 unspecified atom stereocenters. The summed E-state index contributed by atoms with van der Waals surface area (Å²) in [5, 5.41) is 7.48. The highest BCUT2D eigenvalue weighted by atomic mass is 32.2. The third-order valence-electron chi connectivity index (χ3n) is 4.55. The predicted octanol–water partition coefficient (Wildman–Crippen LogP) is 5.10. The van der Waals surface area contributed by atoms with Crippen LogP contribution in [0, 0.1) is 0 Å². The van der Waals surface area contributed by atoms with Gasteiger partial charge >= 0.3 is 0 Å². The Bertz CT molecular complexity index is 1190. The van der Waals surface area contributed by atoms with Gasteiger partial charge in [-0.25, -0.2) is 9.97 Å². The molecular formula is C22H22N4O2S2. The molecule has 0 radical (unpaired) electrons. The van der Waals surface area contributed by atoms with Crippen molar-refractivity contribution in [3.8, 4) is 0 Å². The molecule has 0 aliphatic heterocycles. The fourth-order valence-corrected chi connectivity index (χ4v) is 4.97. The Labute approximate surface area is 183 Å². The van der Waals surface area contributed by atoms with Crippen molar-refractivity contribution in [1.82, 2.24) is 14.5 Å². The van der Waals surface area contributed by atoms with Crippen molar-refractivity contribution < 1.29 is 4.74 Å². The van der Waals surface area contributed by atoms with E-state index in [1.54, 1.807) is 23.0 Å². The molecule has 4 rings (SSSR count). The number of ether oxygens (including phenoxy) is 1. The standard InChI is InChI=1S/C22H22N4O2S2/c1-15(12-28-2)26-20(27)18-10-6-7-11-19(18)25-22(26)30-14-17-13-29-21(24-17)23-16-8-4-3-5-9-16/h3-11,13,15H,12,14H2,1-2H3,(H,23,24). The van der Waals surface area contributed by atoms with E-state index in [-0.39, 0.29) is 11.6 Å². The van der Waals surface area contributed by atoms with E-state index in [2.05, 4.69) is 10.3 Å². The van der Waals surface area contributed by atoms with Crippen LogP contribution in [-0.2, 0) is 10.5 Å². The Hall–Kier alpha value is -2.68. The number of methoxy groups -OCH3 is 1. The van der Waals surface area contributed by atoms with Crippen LogP contribution in [0.4, 0.5) is 10.8 Å². The Balaban J connectivity index is 1.57. The van der Waals surface area contributed by atoms with E-state index in [4.69, 9.17) is 9.72 Å². The van der Waals surface area contributed by atoms with E-state index in [9.17, 15) is 4.79 Å². The molecule has 0 amide bonds. The number of thiazole rings is 1. The summed E-state index contributed by atoms with van der Waals surface area (Å²) in [6, 6.07) is 17.3. The Morgan fingerprint density at radius 3 is 2.70 bits per heavy atom. The first-order chi connectivity index (χ1) is 14.7. The monoisotopic (exact) mass is 438 g/mol. The van der Waals surface area contributed by atoms with Crippen LogP contribution in [-0.4, -0.2) is 28.3 Å². The van der Waals surface area contributed by atoms with Gasteiger partial charge in [-0.3, -0.25) is 9.36 Å². The van der Waals surface area contributed by atoms with E-state index in [0.29, 0.717) is 28.4 Å². The van der Waals surface area contributed by atoms with Crippen LogP contribution in [0.25, 0.3) is 10.9 Å². The minimum atomic E-state index is -0.118. The van der Waals surface area contributed by atoms with Crippen molar-refractivity contribution in [3.05, 3.63) is 76.0 Å². The SMILES string of the molecule is COCC(C)n1c(SCc2csc(Nc3ccccc3)n2)nc2ccccc2c1=O. The molecule has 0 bridgehead atoms. The van der Waals surface area contributed by atoms with Gasteiger partial charge in [-0.05, 0) is 31.2 Å². The second-order valence-corrected chi connectivity index (χ2v) is 8.62. The van der Waals surface area contributed by atoms with E-state index in [0.717, 1.165) is 16.5 Å². The lowest BCUT2D eigenvalue weighted by Gasteiger charge is -2.18. The smallest absolute Gasteiger partial charge is 0.262 e. The summed E-state index contributed by atoms with van der Waals surface area (Å²) in [7, 11) is 1.64. The van der Waals surface area contributed by atoms with Crippen molar-refractivity contribution >= 4 is 44.8 Å². The van der Waals surface area contributed by atoms with Crippen molar-refractivity contribution in [1.29, 1.82) is 0 Å². The van der Waals surface area contributed by atoms with Gasteiger partial charge in [-0.15, -0.1) is 11.3 Å². The van der Waals surface area contributed by atoms with Gasteiger partial charge in [0.1, 0.15) is 0 Å². The normalized spacial score (nSPS) is 12.2. The van der Waals surface area contributed by atoms with Gasteiger partial charge in [-0.2, -0.15) is 0 Å². The second kappa shape index (κ2) is 9.42. The molecule has 4 aromatic rings. The number of thioether (sulfide) groups is 1. The number of hydrogen-bond donors (Lipinski definition) is 1. The Morgan fingerprint density at radius 1 is 1.13 bits per heavy atom. The summed E-state index contributed by atoms with van der Waals surface area (Å²) in [6.45, 7) is 2.41. The number of nitrogens with one attached hydrogen (secondary N) is 1. The van der Waals surface area contributed by atoms with E-state index >= 15 is 0 Å². The topological polar surface area (TPSA) is 69.0 Å². The number of anilines is 2. The molecule has 0 aliphatic carbocycles. The number of aromatic nitrogens is 3. The lowest BCUT2D eigenvalue weighted by molar-refractivity contribution is 0.156. The van der Waals surface area contributed by atoms with Crippen LogP contribution in [0.3, 0.4) is 0 Å². The zero-order valence-electron chi connectivity index (χ0n) is 16.7. The molecule has 6 nitrogen and oxygen atoms in total. The third kappa shape index (κ3) is 4.56. The van der Waals surface area contributed by atoms with Crippen LogP contribution < -0.4 is 10.9 Å². The zero-order chi connectivity index (χ0) is 20.9. The summed E-state index contributed by atoms with van der Waals surface area (Å²) in [5.74, 6) is 0.622. The van der Waals surface area contributed by atoms with Gasteiger partial charge < -0.3 is 10.1 Å². The van der Waals surface area contributed by atoms with Crippen molar-refractivity contribution in [2.75, 3.05) is 19.0 Å². The van der Waals surface area contributed by atoms with Crippen LogP contribution in [0.1, 0.15) is 18.7 Å². The molecule has 30 heavy (non-hydrogen) atoms. The first-order valence-electron chi connectivity index (χ1n) is 9.55. The molecule has 0 saturated heterocycles. The van der Waals surface area contributed by atoms with E-state index in [1.165, 1.54) is 11.8 Å². The van der Waals surface area contributed by atoms with Crippen LogP contribution in [0.15, 0.2) is 69.9 Å². The molecule has 1 N–H and O–H groups in total. The fraction of sp³-hybridized carbons (Fsp3) is 0.227. The average Bonchev–Trinajstić information content (AvgIpc) is 3.20. The van der Waals surface area contributed by atoms with E-state index in [1.807, 2.05) is 66.9 Å². The fourth-order valence-electron chi connectivity index (χ4n) is 3.15. The quantitative estimate of drug-likeness (QED) is 0.305. The number of para-hydroxylation sites is 2. The number of rotatable bonds is 8. The maximum atomic E-state index is 13.1. The van der Waals surface area contributed by atoms with Crippen molar-refractivity contribution in [3.63, 3.8) is 0 Å². The summed E-state index contributed by atoms with van der Waals surface area (Å²) < 4.78 is 7.02. The third-order valence-corrected chi connectivity index (χ3v) is 6.34. The molecule has 1 atom stereocenters. The molecule has 2 aromatic heterocycles. The van der Waals surface area contributed by atoms with Crippen molar-refractivity contribution in [2.45, 2.75) is 23.9 Å². The van der Waals surface area contributed by atoms with Crippen molar-refractivity contribution in [2.24, 2.45) is 0 Å². The molecule has 0 saturated carbocycles. The molecule has 0 aliphatic rings. The number of nitrogens with zero attached hydrogens (tertiary/aromatic N) is 3. The highest BCUT2D eigenvalue weighted by molar-refractivity contribution is 7.98. The maximum absolute atomic E-state index is 13.1. The highest BCUT2D eigenvalue weighted by Gasteiger charge is 2.17. The molecular weight excluding hydrogens is 416 g/mol. The molecule has 2 aromatic carbocycles. The summed E-state index contributed by atoms with van der Waals surface area (Å²) >= 11 is 3.08. The van der Waals surface area contributed by atoms with Gasteiger partial charge in [0, 0.05) is 23.9 Å². The largest absolute Gasteiger partial charge is 0.383 e. The molecule has 0 fully saturated rings. The Kier molecular flexibility index (Phi) is 6.47. The molecule has 8 heteroatoms. The van der Waals surface area contributed by atoms with Crippen LogP contribution >= 0.6 is 23.1 Å². The first kappa shape index (κ1) is 20.6. The summed E-state index contributed by atoms with van der Waals surface area (Å²) in [4.78, 5) is 22.5. The lowest BCUT2D eigenvalue weighted by atomic mass is 10.2. The molecule has 154 valence electrons. The summed E-state index contributed by atoms with van der Waals surface area (Å²) in [5.41, 5.74) is 2.61. The van der Waals surface area contributed by atoms with Gasteiger partial charge in [0.2, 0.25) is 0 Å². The molecule has 2 heterocycles. The minimum Gasteiger partial charge on any atom is -0.383 e. The minimum absolute atomic E-state index is 0.0441. The second-order valence-electron chi connectivity index (χ2n) is 6.81. The van der Waals surface area contributed by atoms with Gasteiger partial charge in [-0.1, -0.05) is 42.1 Å². The zero-order valence-corrected chi connectivity index (χ0v) is 18.4. The summed E-state index contributed by atoms with van der Waals surface area (Å²) in [6.07, 6.45) is 0. The Morgan fingerprint density at radius 2 is 1.90 bits per heavy atom. The van der Waals surface area contributed by atoms with Gasteiger partial charge in [0.05, 0.1) is 29.2 Å². The van der Waals surface area contributed by atoms with Gasteiger partial charge in [0.15, 0.2) is 10.3 Å². The van der Waals surface area contributed by atoms with E-state index < -0.39 is 0 Å². The number of benzene rings is 2. The predicted molar refractivity (Wildman–Crippen MR) is 124 cm³/mol. The lowest BCUT2D eigenvalue weighted by Crippen LogP contribution is -2.28. The van der Waals surface area contributed by atoms with Crippen LogP contribution in [0.2, 0.25) is 0 Å². The molecule has 0 spiro atoms. The average molecular weight is 439 g/mol. The maximum Gasteiger partial charge on any atom is 0.262 e.